The van der Waals surface area contributed by atoms with Gasteiger partial charge in [0.25, 0.3) is 0 Å². The normalized spacial score (nSPS) is 21.1. The van der Waals surface area contributed by atoms with Gasteiger partial charge >= 0.3 is 25.8 Å². The van der Waals surface area contributed by atoms with Crippen molar-refractivity contribution in [3.63, 3.8) is 0 Å². The Balaban J connectivity index is 1.69. The average molecular weight is 689 g/mol. The number of esters is 2. The quantitative estimate of drug-likeness (QED) is 0.0880. The molecule has 3 N–H and O–H groups in total. The van der Waals surface area contributed by atoms with E-state index in [4.69, 9.17) is 35.4 Å². The number of hydrogen-bond acceptors (Lipinski definition) is 12. The third kappa shape index (κ3) is 8.68. The van der Waals surface area contributed by atoms with Crippen LogP contribution in [0.1, 0.15) is 73.0 Å². The molecule has 14 nitrogen and oxygen atoms in total. The van der Waals surface area contributed by atoms with E-state index in [-0.39, 0.29) is 29.2 Å². The van der Waals surface area contributed by atoms with E-state index in [9.17, 15) is 18.5 Å². The molecule has 0 aliphatic carbocycles. The summed E-state index contributed by atoms with van der Waals surface area (Å²) in [7, 11) is -4.41. The summed E-state index contributed by atoms with van der Waals surface area (Å²) in [4.78, 5) is 37.7. The summed E-state index contributed by atoms with van der Waals surface area (Å²) < 4.78 is 59.2. The highest BCUT2D eigenvalue weighted by molar-refractivity contribution is 7.52. The Bertz CT molecular complexity index is 1660. The number of nitrogens with two attached hydrogens (primary N) is 1. The number of nitrogens with zero attached hydrogens (tertiary/aromatic N) is 4. The number of hydrogen-bond donors (Lipinski definition) is 2. The van der Waals surface area contributed by atoms with E-state index < -0.39 is 68.4 Å². The summed E-state index contributed by atoms with van der Waals surface area (Å²) in [5.41, 5.74) is 4.18. The topological polar surface area (TPSA) is 179 Å². The molecule has 4 rings (SSSR count). The summed E-state index contributed by atoms with van der Waals surface area (Å²) in [6, 6.07) is 7.04. The number of benzene rings is 1. The Morgan fingerprint density at radius 2 is 1.88 bits per heavy atom. The lowest BCUT2D eigenvalue weighted by atomic mass is 9.96. The van der Waals surface area contributed by atoms with Crippen molar-refractivity contribution >= 4 is 36.7 Å². The van der Waals surface area contributed by atoms with E-state index in [1.807, 2.05) is 13.8 Å². The van der Waals surface area contributed by atoms with Gasteiger partial charge in [-0.15, -0.1) is 6.42 Å². The van der Waals surface area contributed by atoms with Crippen molar-refractivity contribution < 1.29 is 41.8 Å². The number of carbonyl (C=O) groups excluding carboxylic acids is 2. The minimum atomic E-state index is -4.41. The summed E-state index contributed by atoms with van der Waals surface area (Å²) in [6.07, 6.45) is 6.44. The molecule has 1 saturated heterocycles. The van der Waals surface area contributed by atoms with Gasteiger partial charge in [0.05, 0.1) is 18.3 Å². The number of terminal acetylenes is 1. The van der Waals surface area contributed by atoms with Crippen molar-refractivity contribution in [3.05, 3.63) is 42.7 Å². The van der Waals surface area contributed by atoms with E-state index >= 15 is 0 Å². The summed E-state index contributed by atoms with van der Waals surface area (Å²) in [5, 5.41) is 2.61. The Labute approximate surface area is 278 Å². The van der Waals surface area contributed by atoms with Crippen molar-refractivity contribution in [1.29, 1.82) is 0 Å². The number of rotatable bonds is 16. The number of anilines is 1. The number of para-hydroxylation sites is 1. The van der Waals surface area contributed by atoms with Gasteiger partial charge < -0.3 is 24.5 Å². The third-order valence-electron chi connectivity index (χ3n) is 7.60. The predicted molar refractivity (Wildman–Crippen MR) is 174 cm³/mol. The molecule has 260 valence electrons. The van der Waals surface area contributed by atoms with E-state index in [0.717, 1.165) is 12.8 Å². The Kier molecular flexibility index (Phi) is 12.1. The third-order valence-corrected chi connectivity index (χ3v) is 9.22. The van der Waals surface area contributed by atoms with E-state index in [2.05, 4.69) is 26.0 Å². The second kappa shape index (κ2) is 15.9. The molecule has 0 unspecified atom stereocenters. The van der Waals surface area contributed by atoms with Crippen LogP contribution in [0.5, 0.6) is 5.75 Å². The molecule has 2 aromatic heterocycles. The molecule has 3 aromatic rings. The fourth-order valence-electron chi connectivity index (χ4n) is 5.30. The maximum Gasteiger partial charge on any atom is 0.459 e. The van der Waals surface area contributed by atoms with E-state index in [1.165, 1.54) is 17.8 Å². The molecule has 1 aliphatic rings. The van der Waals surface area contributed by atoms with Crippen molar-refractivity contribution in [3.8, 4) is 18.1 Å². The van der Waals surface area contributed by atoms with Crippen LogP contribution in [0.25, 0.3) is 11.2 Å². The standard InChI is InChI=1S/C32H42FN6O8P/c1-7-13-22(14-8-2)30(41)45-24-17-25(39-19-35-26-27(34)36-31(33)37-28(26)39)46-32(24,9-3)18-43-48(42,47-23-15-11-10-12-16-23)38-21(6)29(40)44-20(4)5/h3,10-12,15-16,19-22,24-25H,7-8,13-14,17-18H2,1-2,4-6H3,(H,38,42)(H2,34,36,37)/t21-,24-,25+,32+,48-/m0/s1. The smallest absolute Gasteiger partial charge is 0.459 e. The van der Waals surface area contributed by atoms with Crippen molar-refractivity contribution in [2.24, 2.45) is 5.92 Å². The minimum Gasteiger partial charge on any atom is -0.462 e. The van der Waals surface area contributed by atoms with Crippen molar-refractivity contribution in [2.75, 3.05) is 12.3 Å². The van der Waals surface area contributed by atoms with Gasteiger partial charge in [-0.2, -0.15) is 19.4 Å². The number of imidazole rings is 1. The Morgan fingerprint density at radius 1 is 1.19 bits per heavy atom. The van der Waals surface area contributed by atoms with E-state index in [1.54, 1.807) is 44.2 Å². The highest BCUT2D eigenvalue weighted by atomic mass is 31.2. The van der Waals surface area contributed by atoms with Crippen LogP contribution in [-0.2, 0) is 32.9 Å². The van der Waals surface area contributed by atoms with Crippen molar-refractivity contribution in [1.82, 2.24) is 24.6 Å². The van der Waals surface area contributed by atoms with Crippen molar-refractivity contribution in [2.45, 2.75) is 96.8 Å². The SMILES string of the molecule is C#C[C@]1(CO[P@@](=O)(N[C@@H](C)C(=O)OC(C)C)Oc2ccccc2)O[C@@H](n2cnc3c(N)nc(F)nc32)C[C@@H]1OC(=O)C(CCC)CCC. The first-order valence-electron chi connectivity index (χ1n) is 15.8. The predicted octanol–water partition coefficient (Wildman–Crippen LogP) is 5.10. The maximum absolute atomic E-state index is 14.3. The zero-order valence-corrected chi connectivity index (χ0v) is 28.5. The van der Waals surface area contributed by atoms with Gasteiger partial charge in [-0.25, -0.2) is 9.55 Å². The minimum absolute atomic E-state index is 0.0240. The Morgan fingerprint density at radius 3 is 2.50 bits per heavy atom. The molecule has 5 atom stereocenters. The molecule has 16 heteroatoms. The number of aromatic nitrogens is 4. The van der Waals surface area contributed by atoms with Crippen LogP contribution in [0, 0.1) is 24.3 Å². The molecule has 1 fully saturated rings. The first kappa shape index (κ1) is 36.7. The lowest BCUT2D eigenvalue weighted by molar-refractivity contribution is -0.163. The van der Waals surface area contributed by atoms with E-state index in [0.29, 0.717) is 12.8 Å². The van der Waals surface area contributed by atoms with Gasteiger partial charge in [0.2, 0.25) is 0 Å². The number of carbonyl (C=O) groups is 2. The van der Waals surface area contributed by atoms with Gasteiger partial charge in [-0.05, 0) is 45.7 Å². The molecule has 0 radical (unpaired) electrons. The molecule has 0 saturated carbocycles. The Hall–Kier alpha value is -4.09. The van der Waals surface area contributed by atoms with Crippen LogP contribution in [0.2, 0.25) is 0 Å². The number of halogens is 1. The number of ether oxygens (including phenoxy) is 3. The van der Waals surface area contributed by atoms with Crippen LogP contribution in [0.15, 0.2) is 36.7 Å². The average Bonchev–Trinajstić information content (AvgIpc) is 3.62. The molecule has 1 aromatic carbocycles. The molecule has 0 bridgehead atoms. The molecule has 0 amide bonds. The van der Waals surface area contributed by atoms with Gasteiger partial charge in [-0.3, -0.25) is 18.7 Å². The highest BCUT2D eigenvalue weighted by Crippen LogP contribution is 2.48. The van der Waals surface area contributed by atoms with Crippen LogP contribution in [-0.4, -0.2) is 61.9 Å². The maximum atomic E-state index is 14.3. The molecular weight excluding hydrogens is 646 g/mol. The molecule has 1 aliphatic heterocycles. The van der Waals surface area contributed by atoms with Crippen LogP contribution >= 0.6 is 7.75 Å². The fourth-order valence-corrected chi connectivity index (χ4v) is 6.82. The van der Waals surface area contributed by atoms with Crippen LogP contribution in [0.3, 0.4) is 0 Å². The largest absolute Gasteiger partial charge is 0.462 e. The van der Waals surface area contributed by atoms with Gasteiger partial charge in [-0.1, -0.05) is 50.8 Å². The first-order chi connectivity index (χ1) is 22.8. The van der Waals surface area contributed by atoms with Gasteiger partial charge in [0, 0.05) is 6.42 Å². The highest BCUT2D eigenvalue weighted by Gasteiger charge is 2.53. The number of nitrogen functional groups attached to an aromatic ring is 1. The number of fused-ring (bicyclic) bond motifs is 1. The molecule has 48 heavy (non-hydrogen) atoms. The van der Waals surface area contributed by atoms with Gasteiger partial charge in [0.1, 0.15) is 30.7 Å². The fraction of sp³-hybridized carbons (Fsp3) is 0.531. The summed E-state index contributed by atoms with van der Waals surface area (Å²) >= 11 is 0. The summed E-state index contributed by atoms with van der Waals surface area (Å²) in [5.74, 6) is 0.976. The molecule has 0 spiro atoms. The second-order valence-corrected chi connectivity index (χ2v) is 13.4. The van der Waals surface area contributed by atoms with Gasteiger partial charge in [0.15, 0.2) is 22.6 Å². The molecule has 3 heterocycles. The first-order valence-corrected chi connectivity index (χ1v) is 17.4. The molecular formula is C32H42FN6O8P. The van der Waals surface area contributed by atoms with Crippen LogP contribution in [0.4, 0.5) is 10.2 Å². The lowest BCUT2D eigenvalue weighted by Crippen LogP contribution is -2.46. The second-order valence-electron chi connectivity index (χ2n) is 11.8. The van der Waals surface area contributed by atoms with Crippen LogP contribution < -0.4 is 15.3 Å². The zero-order chi connectivity index (χ0) is 35.1. The zero-order valence-electron chi connectivity index (χ0n) is 27.6. The number of nitrogens with one attached hydrogen (secondary N) is 1. The monoisotopic (exact) mass is 688 g/mol. The lowest BCUT2D eigenvalue weighted by Gasteiger charge is -2.31. The summed E-state index contributed by atoms with van der Waals surface area (Å²) in [6.45, 7) is 8.11.